The number of aliphatic carboxylic acids is 1. The fourth-order valence-corrected chi connectivity index (χ4v) is 1.67. The third-order valence-corrected chi connectivity index (χ3v) is 2.69. The maximum Gasteiger partial charge on any atom is 0.326 e. The van der Waals surface area contributed by atoms with Gasteiger partial charge in [-0.1, -0.05) is 37.1 Å². The molecule has 0 saturated heterocycles. The van der Waals surface area contributed by atoms with Gasteiger partial charge in [0.15, 0.2) is 0 Å². The number of para-hydroxylation sites is 1. The van der Waals surface area contributed by atoms with Gasteiger partial charge < -0.3 is 10.4 Å². The number of nitrogens with one attached hydrogen (secondary N) is 1. The molecule has 0 aliphatic rings. The Kier molecular flexibility index (Phi) is 3.74. The summed E-state index contributed by atoms with van der Waals surface area (Å²) >= 11 is 0. The summed E-state index contributed by atoms with van der Waals surface area (Å²) in [5, 5.41) is 23.3. The highest BCUT2D eigenvalue weighted by atomic mass is 16.4. The van der Waals surface area contributed by atoms with Crippen LogP contribution in [0.4, 0.5) is 5.95 Å². The molecule has 7 heteroatoms. The number of tetrazole rings is 1. The van der Waals surface area contributed by atoms with E-state index in [9.17, 15) is 4.79 Å². The Labute approximate surface area is 110 Å². The second-order valence-electron chi connectivity index (χ2n) is 4.45. The maximum absolute atomic E-state index is 11.2. The van der Waals surface area contributed by atoms with Crippen LogP contribution in [0.15, 0.2) is 30.3 Å². The Morgan fingerprint density at radius 2 is 2.00 bits per heavy atom. The van der Waals surface area contributed by atoms with E-state index in [0.717, 1.165) is 5.69 Å². The molecule has 1 aromatic carbocycles. The second kappa shape index (κ2) is 5.47. The van der Waals surface area contributed by atoms with Crippen molar-refractivity contribution < 1.29 is 9.90 Å². The number of hydrogen-bond donors (Lipinski definition) is 2. The van der Waals surface area contributed by atoms with E-state index in [1.807, 2.05) is 44.2 Å². The van der Waals surface area contributed by atoms with Gasteiger partial charge in [-0.2, -0.15) is 4.68 Å². The summed E-state index contributed by atoms with van der Waals surface area (Å²) in [4.78, 5) is 11.2. The highest BCUT2D eigenvalue weighted by Gasteiger charge is 2.23. The Hall–Kier alpha value is -2.44. The molecule has 1 aromatic heterocycles. The summed E-state index contributed by atoms with van der Waals surface area (Å²) in [7, 11) is 0. The van der Waals surface area contributed by atoms with Crippen LogP contribution in [0, 0.1) is 5.92 Å². The zero-order chi connectivity index (χ0) is 13.8. The monoisotopic (exact) mass is 261 g/mol. The normalized spacial score (nSPS) is 12.4. The first-order valence-electron chi connectivity index (χ1n) is 5.92. The van der Waals surface area contributed by atoms with Gasteiger partial charge >= 0.3 is 5.97 Å². The van der Waals surface area contributed by atoms with Crippen LogP contribution in [-0.2, 0) is 4.79 Å². The van der Waals surface area contributed by atoms with Crippen molar-refractivity contribution in [1.82, 2.24) is 20.2 Å². The highest BCUT2D eigenvalue weighted by molar-refractivity contribution is 5.76. The van der Waals surface area contributed by atoms with Gasteiger partial charge in [-0.05, 0) is 28.5 Å². The van der Waals surface area contributed by atoms with Crippen LogP contribution in [0.25, 0.3) is 5.69 Å². The van der Waals surface area contributed by atoms with Crippen LogP contribution in [-0.4, -0.2) is 37.3 Å². The van der Waals surface area contributed by atoms with Crippen molar-refractivity contribution in [3.63, 3.8) is 0 Å². The van der Waals surface area contributed by atoms with Crippen LogP contribution in [0.2, 0.25) is 0 Å². The van der Waals surface area contributed by atoms with Gasteiger partial charge in [-0.25, -0.2) is 4.79 Å². The van der Waals surface area contributed by atoms with E-state index in [1.54, 1.807) is 0 Å². The molecule has 0 spiro atoms. The molecule has 100 valence electrons. The first-order valence-corrected chi connectivity index (χ1v) is 5.92. The minimum Gasteiger partial charge on any atom is -0.480 e. The van der Waals surface area contributed by atoms with Gasteiger partial charge in [-0.15, -0.1) is 0 Å². The van der Waals surface area contributed by atoms with Crippen LogP contribution in [0.1, 0.15) is 13.8 Å². The van der Waals surface area contributed by atoms with Crippen molar-refractivity contribution in [2.45, 2.75) is 19.9 Å². The Balaban J connectivity index is 2.28. The predicted molar refractivity (Wildman–Crippen MR) is 69.0 cm³/mol. The van der Waals surface area contributed by atoms with Gasteiger partial charge in [0, 0.05) is 0 Å². The second-order valence-corrected chi connectivity index (χ2v) is 4.45. The molecule has 0 amide bonds. The molecule has 0 bridgehead atoms. The van der Waals surface area contributed by atoms with E-state index >= 15 is 0 Å². The van der Waals surface area contributed by atoms with Crippen LogP contribution in [0.5, 0.6) is 0 Å². The molecule has 0 radical (unpaired) electrons. The zero-order valence-corrected chi connectivity index (χ0v) is 10.7. The third-order valence-electron chi connectivity index (χ3n) is 2.69. The van der Waals surface area contributed by atoms with Crippen molar-refractivity contribution in [2.75, 3.05) is 5.32 Å². The lowest BCUT2D eigenvalue weighted by Crippen LogP contribution is -2.35. The number of carboxylic acids is 1. The van der Waals surface area contributed by atoms with E-state index < -0.39 is 12.0 Å². The van der Waals surface area contributed by atoms with Gasteiger partial charge in [0.1, 0.15) is 6.04 Å². The molecule has 1 unspecified atom stereocenters. The summed E-state index contributed by atoms with van der Waals surface area (Å²) in [6.45, 7) is 3.64. The molecule has 2 N–H and O–H groups in total. The SMILES string of the molecule is CC(C)C(Nc1nnnn1-c1ccccc1)C(=O)O. The lowest BCUT2D eigenvalue weighted by molar-refractivity contribution is -0.138. The van der Waals surface area contributed by atoms with Crippen molar-refractivity contribution in [3.05, 3.63) is 30.3 Å². The maximum atomic E-state index is 11.2. The molecular weight excluding hydrogens is 246 g/mol. The lowest BCUT2D eigenvalue weighted by atomic mass is 10.1. The fourth-order valence-electron chi connectivity index (χ4n) is 1.67. The number of anilines is 1. The average molecular weight is 261 g/mol. The molecule has 0 aliphatic heterocycles. The van der Waals surface area contributed by atoms with Gasteiger partial charge in [0.05, 0.1) is 5.69 Å². The number of aromatic nitrogens is 4. The molecule has 19 heavy (non-hydrogen) atoms. The van der Waals surface area contributed by atoms with Gasteiger partial charge in [-0.3, -0.25) is 0 Å². The van der Waals surface area contributed by atoms with Gasteiger partial charge in [0.25, 0.3) is 0 Å². The summed E-state index contributed by atoms with van der Waals surface area (Å²) in [6, 6.07) is 8.54. The lowest BCUT2D eigenvalue weighted by Gasteiger charge is -2.17. The minimum absolute atomic E-state index is 0.0848. The van der Waals surface area contributed by atoms with E-state index in [4.69, 9.17) is 5.11 Å². The van der Waals surface area contributed by atoms with Gasteiger partial charge in [0.2, 0.25) is 5.95 Å². The van der Waals surface area contributed by atoms with E-state index in [-0.39, 0.29) is 5.92 Å². The molecule has 0 saturated carbocycles. The topological polar surface area (TPSA) is 92.9 Å². The van der Waals surface area contributed by atoms with Crippen molar-refractivity contribution in [2.24, 2.45) is 5.92 Å². The Bertz CT molecular complexity index is 552. The minimum atomic E-state index is -0.933. The van der Waals surface area contributed by atoms with Crippen molar-refractivity contribution >= 4 is 11.9 Å². The summed E-state index contributed by atoms with van der Waals surface area (Å²) < 4.78 is 1.47. The standard InChI is InChI=1S/C12H15N5O2/c1-8(2)10(11(18)19)13-12-14-15-16-17(12)9-6-4-3-5-7-9/h3-8,10H,1-2H3,(H,18,19)(H,13,14,16). The smallest absolute Gasteiger partial charge is 0.326 e. The van der Waals surface area contributed by atoms with E-state index in [1.165, 1.54) is 4.68 Å². The summed E-state index contributed by atoms with van der Waals surface area (Å²) in [5.74, 6) is -0.705. The quantitative estimate of drug-likeness (QED) is 0.839. The number of benzene rings is 1. The molecule has 2 rings (SSSR count). The number of nitrogens with zero attached hydrogens (tertiary/aromatic N) is 4. The average Bonchev–Trinajstić information content (AvgIpc) is 2.84. The highest BCUT2D eigenvalue weighted by Crippen LogP contribution is 2.14. The van der Waals surface area contributed by atoms with E-state index in [2.05, 4.69) is 20.8 Å². The van der Waals surface area contributed by atoms with Crippen molar-refractivity contribution in [3.8, 4) is 5.69 Å². The molecular formula is C12H15N5O2. The van der Waals surface area contributed by atoms with Crippen LogP contribution < -0.4 is 5.32 Å². The molecule has 2 aromatic rings. The molecule has 0 fully saturated rings. The Morgan fingerprint density at radius 1 is 1.32 bits per heavy atom. The zero-order valence-electron chi connectivity index (χ0n) is 10.7. The third kappa shape index (κ3) is 2.87. The molecule has 1 heterocycles. The number of carbonyl (C=O) groups is 1. The predicted octanol–water partition coefficient (Wildman–Crippen LogP) is 1.18. The fraction of sp³-hybridized carbons (Fsp3) is 0.333. The first-order chi connectivity index (χ1) is 9.09. The summed E-state index contributed by atoms with van der Waals surface area (Å²) in [6.07, 6.45) is 0. The molecule has 0 aliphatic carbocycles. The molecule has 7 nitrogen and oxygen atoms in total. The number of carboxylic acid groups (broad SMARTS) is 1. The largest absolute Gasteiger partial charge is 0.480 e. The first kappa shape index (κ1) is 13.0. The van der Waals surface area contributed by atoms with E-state index in [0.29, 0.717) is 5.95 Å². The number of hydrogen-bond acceptors (Lipinski definition) is 5. The Morgan fingerprint density at radius 3 is 2.58 bits per heavy atom. The van der Waals surface area contributed by atoms with Crippen LogP contribution in [0.3, 0.4) is 0 Å². The molecule has 1 atom stereocenters. The number of rotatable bonds is 5. The van der Waals surface area contributed by atoms with Crippen molar-refractivity contribution in [1.29, 1.82) is 0 Å². The van der Waals surface area contributed by atoms with Crippen LogP contribution >= 0.6 is 0 Å². The summed E-state index contributed by atoms with van der Waals surface area (Å²) in [5.41, 5.74) is 0.767.